The number of carbonyl (C=O) groups excluding carboxylic acids is 1. The standard InChI is InChI=1S/C12H10ClN3O4S/c1-20-11(17)8-4-2-3-5-9(8)21(18,19)16-12-14-7-6-10(13)15-12/h2-7H,1H3,(H,14,15,16). The summed E-state index contributed by atoms with van der Waals surface area (Å²) >= 11 is 5.66. The molecule has 0 aliphatic carbocycles. The van der Waals surface area contributed by atoms with Crippen molar-refractivity contribution in [2.45, 2.75) is 4.90 Å². The molecular formula is C12H10ClN3O4S. The van der Waals surface area contributed by atoms with Crippen molar-refractivity contribution in [3.05, 3.63) is 47.2 Å². The third-order valence-electron chi connectivity index (χ3n) is 2.43. The third-order valence-corrected chi connectivity index (χ3v) is 4.03. The first kappa shape index (κ1) is 15.2. The lowest BCUT2D eigenvalue weighted by Gasteiger charge is -2.09. The second kappa shape index (κ2) is 6.06. The Labute approximate surface area is 126 Å². The van der Waals surface area contributed by atoms with Crippen molar-refractivity contribution >= 4 is 33.5 Å². The van der Waals surface area contributed by atoms with Crippen LogP contribution in [0.4, 0.5) is 5.95 Å². The van der Waals surface area contributed by atoms with E-state index in [1.54, 1.807) is 0 Å². The van der Waals surface area contributed by atoms with E-state index in [0.29, 0.717) is 0 Å². The van der Waals surface area contributed by atoms with Crippen LogP contribution < -0.4 is 4.72 Å². The number of hydrogen-bond acceptors (Lipinski definition) is 6. The van der Waals surface area contributed by atoms with Crippen molar-refractivity contribution in [3.8, 4) is 0 Å². The Bertz CT molecular complexity index is 780. The van der Waals surface area contributed by atoms with Crippen LogP contribution in [-0.4, -0.2) is 31.5 Å². The summed E-state index contributed by atoms with van der Waals surface area (Å²) in [6.07, 6.45) is 1.30. The normalized spacial score (nSPS) is 11.0. The van der Waals surface area contributed by atoms with Crippen LogP contribution in [0.15, 0.2) is 41.4 Å². The van der Waals surface area contributed by atoms with Crippen molar-refractivity contribution in [3.63, 3.8) is 0 Å². The van der Waals surface area contributed by atoms with Gasteiger partial charge in [0, 0.05) is 6.20 Å². The van der Waals surface area contributed by atoms with Crippen molar-refractivity contribution in [1.82, 2.24) is 9.97 Å². The van der Waals surface area contributed by atoms with Gasteiger partial charge in [0.2, 0.25) is 5.95 Å². The number of halogens is 1. The zero-order chi connectivity index (χ0) is 15.5. The Balaban J connectivity index is 2.43. The van der Waals surface area contributed by atoms with Gasteiger partial charge in [0.1, 0.15) is 10.0 Å². The van der Waals surface area contributed by atoms with Gasteiger partial charge in [-0.05, 0) is 18.2 Å². The Morgan fingerprint density at radius 2 is 2.00 bits per heavy atom. The number of esters is 1. The third kappa shape index (κ3) is 3.47. The number of nitrogens with zero attached hydrogens (tertiary/aromatic N) is 2. The average Bonchev–Trinajstić information content (AvgIpc) is 2.46. The Morgan fingerprint density at radius 3 is 2.67 bits per heavy atom. The highest BCUT2D eigenvalue weighted by atomic mass is 35.5. The lowest BCUT2D eigenvalue weighted by atomic mass is 10.2. The highest BCUT2D eigenvalue weighted by Gasteiger charge is 2.23. The number of anilines is 1. The maximum absolute atomic E-state index is 12.3. The fraction of sp³-hybridized carbons (Fsp3) is 0.0833. The van der Waals surface area contributed by atoms with Gasteiger partial charge in [0.25, 0.3) is 10.0 Å². The van der Waals surface area contributed by atoms with E-state index in [1.165, 1.54) is 43.6 Å². The maximum atomic E-state index is 12.3. The van der Waals surface area contributed by atoms with E-state index in [2.05, 4.69) is 19.4 Å². The first-order valence-electron chi connectivity index (χ1n) is 5.63. The zero-order valence-corrected chi connectivity index (χ0v) is 12.4. The Kier molecular flexibility index (Phi) is 4.39. The largest absolute Gasteiger partial charge is 0.465 e. The second-order valence-corrected chi connectivity index (χ2v) is 5.83. The molecule has 0 unspecified atom stereocenters. The van der Waals surface area contributed by atoms with E-state index in [9.17, 15) is 13.2 Å². The topological polar surface area (TPSA) is 98.2 Å². The van der Waals surface area contributed by atoms with Crippen molar-refractivity contribution < 1.29 is 17.9 Å². The second-order valence-electron chi connectivity index (χ2n) is 3.80. The highest BCUT2D eigenvalue weighted by Crippen LogP contribution is 2.19. The molecule has 0 aliphatic heterocycles. The van der Waals surface area contributed by atoms with Crippen molar-refractivity contribution in [2.24, 2.45) is 0 Å². The van der Waals surface area contributed by atoms with E-state index in [0.717, 1.165) is 0 Å². The molecule has 0 bridgehead atoms. The lowest BCUT2D eigenvalue weighted by Crippen LogP contribution is -2.18. The summed E-state index contributed by atoms with van der Waals surface area (Å²) in [5.41, 5.74) is -0.0884. The van der Waals surface area contributed by atoms with E-state index in [-0.39, 0.29) is 21.6 Å². The minimum Gasteiger partial charge on any atom is -0.465 e. The van der Waals surface area contributed by atoms with Gasteiger partial charge >= 0.3 is 5.97 Å². The van der Waals surface area contributed by atoms with E-state index < -0.39 is 16.0 Å². The summed E-state index contributed by atoms with van der Waals surface area (Å²) < 4.78 is 31.3. The molecule has 0 amide bonds. The first-order valence-corrected chi connectivity index (χ1v) is 7.49. The number of methoxy groups -OCH3 is 1. The zero-order valence-electron chi connectivity index (χ0n) is 10.8. The van der Waals surface area contributed by atoms with Gasteiger partial charge in [-0.15, -0.1) is 0 Å². The molecule has 1 N–H and O–H groups in total. The lowest BCUT2D eigenvalue weighted by molar-refractivity contribution is 0.0596. The Morgan fingerprint density at radius 1 is 1.29 bits per heavy atom. The first-order chi connectivity index (χ1) is 9.94. The molecule has 0 spiro atoms. The number of nitrogens with one attached hydrogen (secondary N) is 1. The maximum Gasteiger partial charge on any atom is 0.339 e. The van der Waals surface area contributed by atoms with Gasteiger partial charge < -0.3 is 4.74 Å². The average molecular weight is 328 g/mol. The van der Waals surface area contributed by atoms with Crippen molar-refractivity contribution in [1.29, 1.82) is 0 Å². The minimum absolute atomic E-state index is 0.0870. The van der Waals surface area contributed by atoms with Crippen molar-refractivity contribution in [2.75, 3.05) is 11.8 Å². The SMILES string of the molecule is COC(=O)c1ccccc1S(=O)(=O)Nc1nccc(Cl)n1. The summed E-state index contributed by atoms with van der Waals surface area (Å²) in [6, 6.07) is 7.04. The number of aromatic nitrogens is 2. The van der Waals surface area contributed by atoms with Crippen LogP contribution in [0.1, 0.15) is 10.4 Å². The number of carbonyl (C=O) groups is 1. The molecule has 2 aromatic rings. The number of sulfonamides is 1. The molecule has 0 atom stereocenters. The number of benzene rings is 1. The quantitative estimate of drug-likeness (QED) is 0.678. The number of hydrogen-bond donors (Lipinski definition) is 1. The highest BCUT2D eigenvalue weighted by molar-refractivity contribution is 7.92. The molecule has 7 nitrogen and oxygen atoms in total. The summed E-state index contributed by atoms with van der Waals surface area (Å²) in [5.74, 6) is -0.954. The van der Waals surface area contributed by atoms with Crippen LogP contribution >= 0.6 is 11.6 Å². The summed E-state index contributed by atoms with van der Waals surface area (Å²) in [5, 5.41) is 0.0870. The van der Waals surface area contributed by atoms with E-state index >= 15 is 0 Å². The molecule has 0 saturated heterocycles. The number of ether oxygens (including phenoxy) is 1. The Hall–Kier alpha value is -2.19. The van der Waals surface area contributed by atoms with Crippen LogP contribution in [0.25, 0.3) is 0 Å². The van der Waals surface area contributed by atoms with Crippen LogP contribution in [0.2, 0.25) is 5.15 Å². The summed E-state index contributed by atoms with van der Waals surface area (Å²) in [6.45, 7) is 0. The van der Waals surface area contributed by atoms with Gasteiger partial charge in [-0.2, -0.15) is 0 Å². The molecule has 0 radical (unpaired) electrons. The molecule has 21 heavy (non-hydrogen) atoms. The van der Waals surface area contributed by atoms with Gasteiger partial charge in [0.15, 0.2) is 0 Å². The van der Waals surface area contributed by atoms with Gasteiger partial charge in [-0.25, -0.2) is 27.9 Å². The molecule has 0 saturated carbocycles. The van der Waals surface area contributed by atoms with E-state index in [1.807, 2.05) is 0 Å². The van der Waals surface area contributed by atoms with Gasteiger partial charge in [0.05, 0.1) is 12.7 Å². The van der Waals surface area contributed by atoms with Gasteiger partial charge in [-0.3, -0.25) is 0 Å². The fourth-order valence-electron chi connectivity index (χ4n) is 1.54. The molecule has 0 fully saturated rings. The van der Waals surface area contributed by atoms with Crippen LogP contribution in [0.5, 0.6) is 0 Å². The van der Waals surface area contributed by atoms with E-state index in [4.69, 9.17) is 11.6 Å². The molecule has 9 heteroatoms. The minimum atomic E-state index is -4.05. The van der Waals surface area contributed by atoms with Crippen LogP contribution in [0, 0.1) is 0 Å². The predicted molar refractivity (Wildman–Crippen MR) is 75.6 cm³/mol. The van der Waals surface area contributed by atoms with Gasteiger partial charge in [-0.1, -0.05) is 23.7 Å². The molecule has 1 heterocycles. The smallest absolute Gasteiger partial charge is 0.339 e. The monoisotopic (exact) mass is 327 g/mol. The number of rotatable bonds is 4. The van der Waals surface area contributed by atoms with Crippen LogP contribution in [0.3, 0.4) is 0 Å². The predicted octanol–water partition coefficient (Wildman–Crippen LogP) is 1.72. The molecule has 110 valence electrons. The fourth-order valence-corrected chi connectivity index (χ4v) is 2.82. The molecular weight excluding hydrogens is 318 g/mol. The summed E-state index contributed by atoms with van der Waals surface area (Å²) in [4.78, 5) is 18.9. The molecule has 0 aliphatic rings. The summed E-state index contributed by atoms with van der Waals surface area (Å²) in [7, 11) is -2.88. The van der Waals surface area contributed by atoms with Crippen LogP contribution in [-0.2, 0) is 14.8 Å². The molecule has 1 aromatic carbocycles. The molecule has 1 aromatic heterocycles. The molecule has 2 rings (SSSR count).